The van der Waals surface area contributed by atoms with Crippen LogP contribution < -0.4 is 15.5 Å². The number of likely N-dealkylation sites (tertiary alicyclic amines) is 1. The van der Waals surface area contributed by atoms with Gasteiger partial charge in [0.1, 0.15) is 11.8 Å². The van der Waals surface area contributed by atoms with Crippen molar-refractivity contribution < 1.29 is 28.0 Å². The van der Waals surface area contributed by atoms with Crippen LogP contribution in [0.5, 0.6) is 5.75 Å². The molecule has 3 N–H and O–H groups in total. The van der Waals surface area contributed by atoms with E-state index in [-0.39, 0.29) is 30.2 Å². The molecule has 192 valence electrons. The molecule has 10 nitrogen and oxygen atoms in total. The first-order chi connectivity index (χ1) is 15.9. The lowest BCUT2D eigenvalue weighted by molar-refractivity contribution is -0.136. The van der Waals surface area contributed by atoms with Crippen LogP contribution in [0.2, 0.25) is 0 Å². The van der Waals surface area contributed by atoms with Crippen LogP contribution >= 0.6 is 0 Å². The molecule has 1 aliphatic rings. The van der Waals surface area contributed by atoms with Gasteiger partial charge in [0, 0.05) is 32.1 Å². The van der Waals surface area contributed by atoms with E-state index in [1.165, 1.54) is 31.4 Å². The molecule has 2 amide bonds. The van der Waals surface area contributed by atoms with Crippen LogP contribution in [0.15, 0.2) is 29.2 Å². The number of nitrogens with zero attached hydrogens (tertiary/aromatic N) is 2. The summed E-state index contributed by atoms with van der Waals surface area (Å²) in [5.41, 5.74) is 1.18. The number of piperidine rings is 1. The van der Waals surface area contributed by atoms with Crippen molar-refractivity contribution in [3.63, 3.8) is 0 Å². The molecule has 0 spiro atoms. The number of benzene rings is 1. The first-order valence-electron chi connectivity index (χ1n) is 11.5. The van der Waals surface area contributed by atoms with E-state index in [4.69, 9.17) is 4.74 Å². The van der Waals surface area contributed by atoms with Gasteiger partial charge in [0.05, 0.1) is 12.0 Å². The van der Waals surface area contributed by atoms with Gasteiger partial charge in [0.15, 0.2) is 0 Å². The third kappa shape index (κ3) is 7.39. The topological polar surface area (TPSA) is 128 Å². The van der Waals surface area contributed by atoms with E-state index in [2.05, 4.69) is 5.32 Å². The smallest absolute Gasteiger partial charge is 0.261 e. The maximum Gasteiger partial charge on any atom is 0.261 e. The monoisotopic (exact) mass is 498 g/mol. The van der Waals surface area contributed by atoms with E-state index >= 15 is 0 Å². The first kappa shape index (κ1) is 28.0. The summed E-state index contributed by atoms with van der Waals surface area (Å²) in [6.07, 6.45) is 1.74. The van der Waals surface area contributed by atoms with Gasteiger partial charge in [0.25, 0.3) is 5.91 Å². The summed E-state index contributed by atoms with van der Waals surface area (Å²) in [6.45, 7) is 6.63. The van der Waals surface area contributed by atoms with Crippen molar-refractivity contribution in [3.05, 3.63) is 24.3 Å². The molecule has 1 saturated heterocycles. The second kappa shape index (κ2) is 12.0. The van der Waals surface area contributed by atoms with Crippen molar-refractivity contribution in [2.24, 2.45) is 5.41 Å². The number of hydrogen-bond acceptors (Lipinski definition) is 7. The molecule has 34 heavy (non-hydrogen) atoms. The fourth-order valence-electron chi connectivity index (χ4n) is 4.09. The SMILES string of the molecule is CNC1CCN(C(=O)CCN(C(CC(C)(C)C)C(=O)NO)S(=O)(=O)c2ccc(OC)cc2)CC1. The largest absolute Gasteiger partial charge is 0.497 e. The molecular formula is C23H38N4O6S. The lowest BCUT2D eigenvalue weighted by atomic mass is 9.87. The Labute approximate surface area is 202 Å². The molecule has 1 aromatic rings. The minimum atomic E-state index is -4.17. The Morgan fingerprint density at radius 2 is 1.79 bits per heavy atom. The Balaban J connectivity index is 2.33. The van der Waals surface area contributed by atoms with Gasteiger partial charge in [-0.15, -0.1) is 0 Å². The lowest BCUT2D eigenvalue weighted by Crippen LogP contribution is -2.52. The molecule has 1 fully saturated rings. The van der Waals surface area contributed by atoms with E-state index in [9.17, 15) is 23.2 Å². The third-order valence-corrected chi connectivity index (χ3v) is 7.96. The zero-order valence-electron chi connectivity index (χ0n) is 20.7. The minimum Gasteiger partial charge on any atom is -0.497 e. The van der Waals surface area contributed by atoms with Gasteiger partial charge in [-0.3, -0.25) is 14.8 Å². The predicted octanol–water partition coefficient (Wildman–Crippen LogP) is 1.60. The van der Waals surface area contributed by atoms with Crippen molar-refractivity contribution in [1.82, 2.24) is 20.0 Å². The van der Waals surface area contributed by atoms with Gasteiger partial charge >= 0.3 is 0 Å². The summed E-state index contributed by atoms with van der Waals surface area (Å²) in [5.74, 6) is -0.511. The summed E-state index contributed by atoms with van der Waals surface area (Å²) in [4.78, 5) is 27.3. The standard InChI is InChI=1S/C23H38N4O6S/c1-23(2,3)16-20(22(29)25-30)27(34(31,32)19-8-6-18(33-5)7-9-19)15-12-21(28)26-13-10-17(24-4)11-14-26/h6-9,17,20,24,30H,10-16H2,1-5H3,(H,25,29). The van der Waals surface area contributed by atoms with Crippen molar-refractivity contribution in [2.75, 3.05) is 33.8 Å². The molecule has 1 aromatic carbocycles. The highest BCUT2D eigenvalue weighted by Gasteiger charge is 2.38. The van der Waals surface area contributed by atoms with Gasteiger partial charge in [0.2, 0.25) is 15.9 Å². The second-order valence-corrected chi connectivity index (χ2v) is 11.6. The van der Waals surface area contributed by atoms with Crippen LogP contribution in [0.1, 0.15) is 46.5 Å². The normalized spacial score (nSPS) is 16.4. The van der Waals surface area contributed by atoms with Gasteiger partial charge in [-0.2, -0.15) is 4.31 Å². The number of amides is 2. The number of hydroxylamine groups is 1. The number of rotatable bonds is 10. The zero-order valence-corrected chi connectivity index (χ0v) is 21.5. The molecule has 0 radical (unpaired) electrons. The Bertz CT molecular complexity index is 922. The molecular weight excluding hydrogens is 460 g/mol. The van der Waals surface area contributed by atoms with Gasteiger partial charge in [-0.25, -0.2) is 13.9 Å². The number of sulfonamides is 1. The maximum atomic E-state index is 13.6. The Morgan fingerprint density at radius 1 is 1.21 bits per heavy atom. The molecule has 1 aliphatic heterocycles. The number of nitrogens with one attached hydrogen (secondary N) is 2. The Hall–Kier alpha value is -2.21. The number of carbonyl (C=O) groups excluding carboxylic acids is 2. The fourth-order valence-corrected chi connectivity index (χ4v) is 5.68. The third-order valence-electron chi connectivity index (χ3n) is 6.03. The molecule has 0 aromatic heterocycles. The zero-order chi connectivity index (χ0) is 25.5. The predicted molar refractivity (Wildman–Crippen MR) is 128 cm³/mol. The summed E-state index contributed by atoms with van der Waals surface area (Å²) in [5, 5.41) is 12.6. The fraction of sp³-hybridized carbons (Fsp3) is 0.652. The quantitative estimate of drug-likeness (QED) is 0.330. The van der Waals surface area contributed by atoms with Gasteiger partial charge in [-0.05, 0) is 56.0 Å². The average molecular weight is 499 g/mol. The van der Waals surface area contributed by atoms with Crippen LogP contribution in [0.25, 0.3) is 0 Å². The lowest BCUT2D eigenvalue weighted by Gasteiger charge is -2.35. The van der Waals surface area contributed by atoms with Crippen LogP contribution in [-0.4, -0.2) is 80.5 Å². The van der Waals surface area contributed by atoms with Gasteiger partial charge < -0.3 is 15.0 Å². The van der Waals surface area contributed by atoms with Crippen LogP contribution in [-0.2, 0) is 19.6 Å². The number of carbonyl (C=O) groups is 2. The summed E-state index contributed by atoms with van der Waals surface area (Å²) in [6, 6.07) is 5.01. The van der Waals surface area contributed by atoms with E-state index in [1.54, 1.807) is 10.4 Å². The molecule has 0 bridgehead atoms. The number of methoxy groups -OCH3 is 1. The van der Waals surface area contributed by atoms with E-state index < -0.39 is 27.4 Å². The molecule has 2 rings (SSSR count). The van der Waals surface area contributed by atoms with Crippen LogP contribution in [0.4, 0.5) is 0 Å². The van der Waals surface area contributed by atoms with E-state index in [0.29, 0.717) is 24.9 Å². The average Bonchev–Trinajstić information content (AvgIpc) is 2.81. The molecule has 11 heteroatoms. The summed E-state index contributed by atoms with van der Waals surface area (Å²) in [7, 11) is -0.794. The molecule has 1 atom stereocenters. The highest BCUT2D eigenvalue weighted by atomic mass is 32.2. The van der Waals surface area contributed by atoms with Crippen molar-refractivity contribution in [3.8, 4) is 5.75 Å². The number of ether oxygens (including phenoxy) is 1. The van der Waals surface area contributed by atoms with Crippen LogP contribution in [0, 0.1) is 5.41 Å². The van der Waals surface area contributed by atoms with Crippen molar-refractivity contribution in [1.29, 1.82) is 0 Å². The second-order valence-electron chi connectivity index (χ2n) is 9.74. The van der Waals surface area contributed by atoms with Gasteiger partial charge in [-0.1, -0.05) is 20.8 Å². The summed E-state index contributed by atoms with van der Waals surface area (Å²) < 4.78 is 33.4. The molecule has 1 unspecified atom stereocenters. The Morgan fingerprint density at radius 3 is 2.26 bits per heavy atom. The molecule has 1 heterocycles. The van der Waals surface area contributed by atoms with E-state index in [0.717, 1.165) is 17.1 Å². The number of hydrogen-bond donors (Lipinski definition) is 3. The minimum absolute atomic E-state index is 0.0276. The van der Waals surface area contributed by atoms with Crippen molar-refractivity contribution in [2.45, 2.75) is 63.4 Å². The first-order valence-corrected chi connectivity index (χ1v) is 12.9. The highest BCUT2D eigenvalue weighted by molar-refractivity contribution is 7.89. The molecule has 0 saturated carbocycles. The molecule has 0 aliphatic carbocycles. The highest BCUT2D eigenvalue weighted by Crippen LogP contribution is 2.29. The Kier molecular flexibility index (Phi) is 9.86. The maximum absolute atomic E-state index is 13.6. The summed E-state index contributed by atoms with van der Waals surface area (Å²) >= 11 is 0. The van der Waals surface area contributed by atoms with Crippen LogP contribution in [0.3, 0.4) is 0 Å². The van der Waals surface area contributed by atoms with Crippen molar-refractivity contribution >= 4 is 21.8 Å². The van der Waals surface area contributed by atoms with E-state index in [1.807, 2.05) is 27.8 Å².